The molecule has 3 heteroatoms. The molecule has 1 aliphatic rings. The first-order valence-corrected chi connectivity index (χ1v) is 8.15. The summed E-state index contributed by atoms with van der Waals surface area (Å²) in [6.07, 6.45) is 7.89. The zero-order valence-corrected chi connectivity index (χ0v) is 11.8. The first-order chi connectivity index (χ1) is 7.76. The smallest absolute Gasteiger partial charge is 0.0302 e. The standard InChI is InChI=1S/C13H21NS2/c1-11-5-8-16-12(11)9-14-10-13(15-2)6-3-4-7-13/h5,8,14H,3-4,6-7,9-10H2,1-2H3. The lowest BCUT2D eigenvalue weighted by Gasteiger charge is -2.27. The van der Waals surface area contributed by atoms with E-state index in [-0.39, 0.29) is 0 Å². The van der Waals surface area contributed by atoms with Gasteiger partial charge in [0.2, 0.25) is 0 Å². The Kier molecular flexibility index (Phi) is 4.34. The first kappa shape index (κ1) is 12.5. The fourth-order valence-electron chi connectivity index (χ4n) is 2.46. The predicted octanol–water partition coefficient (Wildman–Crippen LogP) is 3.82. The van der Waals surface area contributed by atoms with E-state index in [1.807, 2.05) is 11.3 Å². The summed E-state index contributed by atoms with van der Waals surface area (Å²) in [4.78, 5) is 1.49. The molecule has 0 aromatic carbocycles. The van der Waals surface area contributed by atoms with E-state index >= 15 is 0 Å². The van der Waals surface area contributed by atoms with Crippen LogP contribution in [0.1, 0.15) is 36.1 Å². The molecule has 0 saturated heterocycles. The molecule has 0 bridgehead atoms. The average Bonchev–Trinajstić information content (AvgIpc) is 2.90. The molecule has 0 spiro atoms. The van der Waals surface area contributed by atoms with Gasteiger partial charge in [-0.05, 0) is 43.0 Å². The summed E-state index contributed by atoms with van der Waals surface area (Å²) in [5, 5.41) is 5.84. The molecule has 16 heavy (non-hydrogen) atoms. The highest BCUT2D eigenvalue weighted by Crippen LogP contribution is 2.39. The second kappa shape index (κ2) is 5.56. The Bertz CT molecular complexity index is 326. The van der Waals surface area contributed by atoms with Crippen LogP contribution >= 0.6 is 23.1 Å². The van der Waals surface area contributed by atoms with Crippen molar-refractivity contribution in [1.82, 2.24) is 5.32 Å². The monoisotopic (exact) mass is 255 g/mol. The highest BCUT2D eigenvalue weighted by atomic mass is 32.2. The van der Waals surface area contributed by atoms with Gasteiger partial charge in [0.05, 0.1) is 0 Å². The summed E-state index contributed by atoms with van der Waals surface area (Å²) in [6.45, 7) is 4.42. The molecule has 0 radical (unpaired) electrons. The van der Waals surface area contributed by atoms with Crippen LogP contribution in [0.3, 0.4) is 0 Å². The molecule has 0 unspecified atom stereocenters. The number of hydrogen-bond donors (Lipinski definition) is 1. The third kappa shape index (κ3) is 2.82. The Hall–Kier alpha value is 0.0100. The Morgan fingerprint density at radius 3 is 2.75 bits per heavy atom. The summed E-state index contributed by atoms with van der Waals surface area (Å²) in [7, 11) is 0. The molecule has 1 nitrogen and oxygen atoms in total. The molecule has 1 saturated carbocycles. The van der Waals surface area contributed by atoms with Crippen molar-refractivity contribution < 1.29 is 0 Å². The normalized spacial score (nSPS) is 19.1. The maximum absolute atomic E-state index is 3.65. The quantitative estimate of drug-likeness (QED) is 0.858. The van der Waals surface area contributed by atoms with Crippen LogP contribution in [0.2, 0.25) is 0 Å². The van der Waals surface area contributed by atoms with Gasteiger partial charge >= 0.3 is 0 Å². The number of aryl methyl sites for hydroxylation is 1. The summed E-state index contributed by atoms with van der Waals surface area (Å²) in [5.41, 5.74) is 1.43. The fourth-order valence-corrected chi connectivity index (χ4v) is 4.28. The second-order valence-corrected chi connectivity index (χ2v) is 7.00. The first-order valence-electron chi connectivity index (χ1n) is 6.05. The summed E-state index contributed by atoms with van der Waals surface area (Å²) in [6, 6.07) is 2.21. The van der Waals surface area contributed by atoms with Gasteiger partial charge in [0.25, 0.3) is 0 Å². The van der Waals surface area contributed by atoms with Crippen LogP contribution in [-0.2, 0) is 6.54 Å². The minimum Gasteiger partial charge on any atom is -0.310 e. The van der Waals surface area contributed by atoms with Gasteiger partial charge in [-0.1, -0.05) is 12.8 Å². The molecule has 0 atom stereocenters. The second-order valence-electron chi connectivity index (χ2n) is 4.72. The zero-order chi connectivity index (χ0) is 11.4. The molecule has 1 fully saturated rings. The molecular formula is C13H21NS2. The van der Waals surface area contributed by atoms with Crippen LogP contribution in [0, 0.1) is 6.92 Å². The Morgan fingerprint density at radius 1 is 1.44 bits per heavy atom. The molecule has 2 rings (SSSR count). The van der Waals surface area contributed by atoms with E-state index in [0.29, 0.717) is 4.75 Å². The van der Waals surface area contributed by atoms with Gasteiger partial charge < -0.3 is 5.32 Å². The maximum atomic E-state index is 3.65. The van der Waals surface area contributed by atoms with Gasteiger partial charge in [0.1, 0.15) is 0 Å². The lowest BCUT2D eigenvalue weighted by Crippen LogP contribution is -2.34. The summed E-state index contributed by atoms with van der Waals surface area (Å²) >= 11 is 3.93. The summed E-state index contributed by atoms with van der Waals surface area (Å²) < 4.78 is 0.533. The third-order valence-electron chi connectivity index (χ3n) is 3.65. The number of thiophene rings is 1. The average molecular weight is 255 g/mol. The maximum Gasteiger partial charge on any atom is 0.0302 e. The van der Waals surface area contributed by atoms with Gasteiger partial charge in [-0.15, -0.1) is 11.3 Å². The lowest BCUT2D eigenvalue weighted by atomic mass is 10.1. The van der Waals surface area contributed by atoms with Crippen molar-refractivity contribution in [1.29, 1.82) is 0 Å². The van der Waals surface area contributed by atoms with E-state index in [2.05, 4.69) is 41.7 Å². The Balaban J connectivity index is 1.81. The van der Waals surface area contributed by atoms with Crippen molar-refractivity contribution in [3.63, 3.8) is 0 Å². The van der Waals surface area contributed by atoms with Gasteiger partial charge in [-0.2, -0.15) is 11.8 Å². The predicted molar refractivity (Wildman–Crippen MR) is 75.5 cm³/mol. The van der Waals surface area contributed by atoms with E-state index < -0.39 is 0 Å². The molecular weight excluding hydrogens is 234 g/mol. The zero-order valence-electron chi connectivity index (χ0n) is 10.2. The molecule has 0 aliphatic heterocycles. The fraction of sp³-hybridized carbons (Fsp3) is 0.692. The number of rotatable bonds is 5. The van der Waals surface area contributed by atoms with Gasteiger partial charge in [-0.3, -0.25) is 0 Å². The van der Waals surface area contributed by atoms with E-state index in [9.17, 15) is 0 Å². The van der Waals surface area contributed by atoms with Crippen LogP contribution in [0.25, 0.3) is 0 Å². The SMILES string of the molecule is CSC1(CNCc2sccc2C)CCCC1. The van der Waals surface area contributed by atoms with Crippen LogP contribution < -0.4 is 5.32 Å². The van der Waals surface area contributed by atoms with Crippen LogP contribution in [0.5, 0.6) is 0 Å². The molecule has 1 N–H and O–H groups in total. The van der Waals surface area contributed by atoms with E-state index in [1.54, 1.807) is 0 Å². The van der Waals surface area contributed by atoms with Crippen molar-refractivity contribution in [2.75, 3.05) is 12.8 Å². The Morgan fingerprint density at radius 2 is 2.19 bits per heavy atom. The molecule has 90 valence electrons. The number of hydrogen-bond acceptors (Lipinski definition) is 3. The van der Waals surface area contributed by atoms with Gasteiger partial charge in [-0.25, -0.2) is 0 Å². The lowest BCUT2D eigenvalue weighted by molar-refractivity contribution is 0.535. The van der Waals surface area contributed by atoms with E-state index in [4.69, 9.17) is 0 Å². The van der Waals surface area contributed by atoms with Crippen LogP contribution in [-0.4, -0.2) is 17.5 Å². The third-order valence-corrected chi connectivity index (χ3v) is 6.09. The molecule has 1 aromatic heterocycles. The van der Waals surface area contributed by atoms with Gasteiger partial charge in [0, 0.05) is 22.7 Å². The summed E-state index contributed by atoms with van der Waals surface area (Å²) in [5.74, 6) is 0. The molecule has 1 aromatic rings. The minimum absolute atomic E-state index is 0.533. The van der Waals surface area contributed by atoms with Crippen molar-refractivity contribution in [2.45, 2.75) is 43.9 Å². The highest BCUT2D eigenvalue weighted by Gasteiger charge is 2.32. The van der Waals surface area contributed by atoms with E-state index in [0.717, 1.165) is 6.54 Å². The molecule has 0 amide bonds. The highest BCUT2D eigenvalue weighted by molar-refractivity contribution is 8.00. The molecule has 1 heterocycles. The molecule has 1 aliphatic carbocycles. The number of nitrogens with one attached hydrogen (secondary N) is 1. The Labute approximate surface area is 107 Å². The van der Waals surface area contributed by atoms with Crippen molar-refractivity contribution in [3.8, 4) is 0 Å². The van der Waals surface area contributed by atoms with Crippen molar-refractivity contribution in [2.24, 2.45) is 0 Å². The topological polar surface area (TPSA) is 12.0 Å². The van der Waals surface area contributed by atoms with Crippen LogP contribution in [0.15, 0.2) is 11.4 Å². The van der Waals surface area contributed by atoms with Crippen molar-refractivity contribution in [3.05, 3.63) is 21.9 Å². The van der Waals surface area contributed by atoms with Crippen LogP contribution in [0.4, 0.5) is 0 Å². The van der Waals surface area contributed by atoms with Gasteiger partial charge in [0.15, 0.2) is 0 Å². The van der Waals surface area contributed by atoms with E-state index in [1.165, 1.54) is 42.7 Å². The van der Waals surface area contributed by atoms with Crippen molar-refractivity contribution >= 4 is 23.1 Å². The largest absolute Gasteiger partial charge is 0.310 e. The number of thioether (sulfide) groups is 1. The minimum atomic E-state index is 0.533.